The average Bonchev–Trinajstić information content (AvgIpc) is 3.28. The molecule has 4 saturated carbocycles. The molecule has 4 N–H and O–H groups in total. The zero-order valence-corrected chi connectivity index (χ0v) is 27.6. The molecule has 0 unspecified atom stereocenters. The lowest BCUT2D eigenvalue weighted by Gasteiger charge is -2.63. The average molecular weight is 607 g/mol. The Morgan fingerprint density at radius 3 is 2.40 bits per heavy atom. The van der Waals surface area contributed by atoms with E-state index in [0.29, 0.717) is 50.0 Å². The van der Waals surface area contributed by atoms with E-state index in [0.717, 1.165) is 44.9 Å². The minimum atomic E-state index is -0.552. The molecule has 0 spiro atoms. The standard InChI is InChI=1S/C34H58N2O7/c1-20(10-13-29(40)42-7)23-11-12-24-30-25(19-27(38)34(23,24)6)33(5)15-14-22(17-21(33)18-26(30)37)36-28(39)9-8-16-35-31(41)43-32(2,3)4/h20-27,30,37-38H,8-19H2,1-7H3,(H,35,41)(H,36,39)/t20-,21+,22-,23-,24+,25+,26-,27+,30+,33+,34-/m1/s1. The number of esters is 1. The van der Waals surface area contributed by atoms with Crippen LogP contribution < -0.4 is 10.6 Å². The summed E-state index contributed by atoms with van der Waals surface area (Å²) in [6.07, 6.45) is 6.97. The predicted octanol–water partition coefficient (Wildman–Crippen LogP) is 4.97. The van der Waals surface area contributed by atoms with Crippen LogP contribution in [0.1, 0.15) is 112 Å². The van der Waals surface area contributed by atoms with Crippen LogP contribution in [-0.2, 0) is 19.1 Å². The second kappa shape index (κ2) is 13.2. The van der Waals surface area contributed by atoms with E-state index in [1.807, 2.05) is 20.8 Å². The molecule has 4 aliphatic carbocycles. The highest BCUT2D eigenvalue weighted by Gasteiger charge is 2.65. The molecule has 246 valence electrons. The van der Waals surface area contributed by atoms with Gasteiger partial charge >= 0.3 is 12.1 Å². The number of alkyl carbamates (subject to hydrolysis) is 1. The zero-order chi connectivity index (χ0) is 31.7. The molecule has 0 bridgehead atoms. The maximum Gasteiger partial charge on any atom is 0.407 e. The van der Waals surface area contributed by atoms with E-state index in [1.165, 1.54) is 7.11 Å². The van der Waals surface area contributed by atoms with Crippen molar-refractivity contribution in [2.24, 2.45) is 46.3 Å². The monoisotopic (exact) mass is 606 g/mol. The molecule has 43 heavy (non-hydrogen) atoms. The Morgan fingerprint density at radius 1 is 1.00 bits per heavy atom. The molecule has 0 saturated heterocycles. The van der Waals surface area contributed by atoms with Crippen LogP contribution in [0.5, 0.6) is 0 Å². The second-order valence-corrected chi connectivity index (χ2v) is 15.8. The fraction of sp³-hybridized carbons (Fsp3) is 0.912. The van der Waals surface area contributed by atoms with E-state index in [1.54, 1.807) is 0 Å². The molecular formula is C34H58N2O7. The number of fused-ring (bicyclic) bond motifs is 5. The number of nitrogens with one attached hydrogen (secondary N) is 2. The van der Waals surface area contributed by atoms with Crippen LogP contribution >= 0.6 is 0 Å². The van der Waals surface area contributed by atoms with Crippen LogP contribution in [0.2, 0.25) is 0 Å². The summed E-state index contributed by atoms with van der Waals surface area (Å²) >= 11 is 0. The Hall–Kier alpha value is -1.87. The summed E-state index contributed by atoms with van der Waals surface area (Å²) in [5.74, 6) is 1.44. The number of aliphatic hydroxyl groups is 2. The van der Waals surface area contributed by atoms with Crippen molar-refractivity contribution in [3.05, 3.63) is 0 Å². The molecule has 0 heterocycles. The molecule has 0 aromatic heterocycles. The van der Waals surface area contributed by atoms with Gasteiger partial charge in [0.25, 0.3) is 0 Å². The molecule has 11 atom stereocenters. The molecule has 4 fully saturated rings. The molecule has 4 aliphatic rings. The Morgan fingerprint density at radius 2 is 1.72 bits per heavy atom. The van der Waals surface area contributed by atoms with Crippen molar-refractivity contribution in [3.8, 4) is 0 Å². The summed E-state index contributed by atoms with van der Waals surface area (Å²) in [6.45, 7) is 12.7. The van der Waals surface area contributed by atoms with Crippen molar-refractivity contribution in [1.29, 1.82) is 0 Å². The lowest BCUT2D eigenvalue weighted by Crippen LogP contribution is -2.63. The maximum atomic E-state index is 12.7. The van der Waals surface area contributed by atoms with Crippen LogP contribution in [0.25, 0.3) is 0 Å². The van der Waals surface area contributed by atoms with Crippen molar-refractivity contribution in [2.75, 3.05) is 13.7 Å². The van der Waals surface area contributed by atoms with Crippen molar-refractivity contribution in [1.82, 2.24) is 10.6 Å². The van der Waals surface area contributed by atoms with E-state index in [2.05, 4.69) is 31.4 Å². The molecule has 0 aliphatic heterocycles. The number of ether oxygens (including phenoxy) is 2. The highest BCUT2D eigenvalue weighted by atomic mass is 16.6. The quantitative estimate of drug-likeness (QED) is 0.215. The first-order chi connectivity index (χ1) is 20.1. The topological polar surface area (TPSA) is 134 Å². The normalized spacial score (nSPS) is 39.5. The molecule has 0 aromatic carbocycles. The SMILES string of the molecule is COC(=O)CC[C@@H](C)[C@H]1CC[C@H]2[C@@H]3[C@H](O)C[C@@H]4C[C@H](NC(=O)CCCNC(=O)OC(C)(C)C)CC[C@]4(C)[C@H]3C[C@H](O)[C@]12C. The predicted molar refractivity (Wildman–Crippen MR) is 164 cm³/mol. The van der Waals surface area contributed by atoms with E-state index in [9.17, 15) is 24.6 Å². The first-order valence-corrected chi connectivity index (χ1v) is 16.8. The summed E-state index contributed by atoms with van der Waals surface area (Å²) in [6, 6.07) is 0.0819. The van der Waals surface area contributed by atoms with Crippen LogP contribution in [-0.4, -0.2) is 65.7 Å². The van der Waals surface area contributed by atoms with Gasteiger partial charge in [-0.15, -0.1) is 0 Å². The Balaban J connectivity index is 1.33. The van der Waals surface area contributed by atoms with Gasteiger partial charge in [-0.1, -0.05) is 20.8 Å². The highest BCUT2D eigenvalue weighted by Crippen LogP contribution is 2.68. The van der Waals surface area contributed by atoms with Gasteiger partial charge in [-0.05, 0) is 125 Å². The summed E-state index contributed by atoms with van der Waals surface area (Å²) in [7, 11) is 1.43. The number of carbonyl (C=O) groups excluding carboxylic acids is 3. The number of aliphatic hydroxyl groups excluding tert-OH is 2. The van der Waals surface area contributed by atoms with Crippen molar-refractivity contribution < 1.29 is 34.1 Å². The van der Waals surface area contributed by atoms with Gasteiger partial charge in [-0.3, -0.25) is 9.59 Å². The number of amides is 2. The fourth-order valence-corrected chi connectivity index (χ4v) is 9.99. The number of carbonyl (C=O) groups is 3. The summed E-state index contributed by atoms with van der Waals surface area (Å²) < 4.78 is 10.1. The van der Waals surface area contributed by atoms with E-state index < -0.39 is 23.9 Å². The van der Waals surface area contributed by atoms with Crippen molar-refractivity contribution >= 4 is 18.0 Å². The third kappa shape index (κ3) is 7.18. The minimum Gasteiger partial charge on any atom is -0.469 e. The van der Waals surface area contributed by atoms with Gasteiger partial charge in [0.05, 0.1) is 19.3 Å². The third-order valence-electron chi connectivity index (χ3n) is 12.2. The molecule has 9 nitrogen and oxygen atoms in total. The molecule has 0 aromatic rings. The van der Waals surface area contributed by atoms with Gasteiger partial charge in [-0.2, -0.15) is 0 Å². The van der Waals surface area contributed by atoms with Crippen LogP contribution in [0.4, 0.5) is 4.79 Å². The van der Waals surface area contributed by atoms with E-state index in [-0.39, 0.29) is 46.5 Å². The van der Waals surface area contributed by atoms with Crippen LogP contribution in [0.15, 0.2) is 0 Å². The number of hydrogen-bond acceptors (Lipinski definition) is 7. The maximum absolute atomic E-state index is 12.7. The van der Waals surface area contributed by atoms with Gasteiger partial charge < -0.3 is 30.3 Å². The molecule has 0 radical (unpaired) electrons. The van der Waals surface area contributed by atoms with Gasteiger partial charge in [0.1, 0.15) is 5.60 Å². The van der Waals surface area contributed by atoms with E-state index >= 15 is 0 Å². The second-order valence-electron chi connectivity index (χ2n) is 15.8. The number of hydrogen-bond donors (Lipinski definition) is 4. The zero-order valence-electron chi connectivity index (χ0n) is 27.6. The molecule has 2 amide bonds. The van der Waals surface area contributed by atoms with Crippen LogP contribution in [0, 0.1) is 46.3 Å². The molecular weight excluding hydrogens is 548 g/mol. The highest BCUT2D eigenvalue weighted by molar-refractivity contribution is 5.76. The Kier molecular flexibility index (Phi) is 10.5. The molecule has 9 heteroatoms. The summed E-state index contributed by atoms with van der Waals surface area (Å²) in [4.78, 5) is 36.4. The van der Waals surface area contributed by atoms with Crippen LogP contribution in [0.3, 0.4) is 0 Å². The lowest BCUT2D eigenvalue weighted by molar-refractivity contribution is -0.202. The first-order valence-electron chi connectivity index (χ1n) is 16.8. The lowest BCUT2D eigenvalue weighted by atomic mass is 9.43. The summed E-state index contributed by atoms with van der Waals surface area (Å²) in [5, 5.41) is 29.4. The van der Waals surface area contributed by atoms with Gasteiger partial charge in [-0.25, -0.2) is 4.79 Å². The van der Waals surface area contributed by atoms with Gasteiger partial charge in [0.15, 0.2) is 0 Å². The van der Waals surface area contributed by atoms with Gasteiger partial charge in [0, 0.05) is 25.4 Å². The minimum absolute atomic E-state index is 0.00371. The van der Waals surface area contributed by atoms with E-state index in [4.69, 9.17) is 9.47 Å². The fourth-order valence-electron chi connectivity index (χ4n) is 9.99. The number of methoxy groups -OCH3 is 1. The number of rotatable bonds is 9. The Bertz CT molecular complexity index is 1010. The Labute approximate surface area is 258 Å². The molecule has 4 rings (SSSR count). The largest absolute Gasteiger partial charge is 0.469 e. The summed E-state index contributed by atoms with van der Waals surface area (Å²) in [5.41, 5.74) is -0.784. The smallest absolute Gasteiger partial charge is 0.407 e. The first kappa shape index (κ1) is 34.0. The van der Waals surface area contributed by atoms with Crippen molar-refractivity contribution in [3.63, 3.8) is 0 Å². The third-order valence-corrected chi connectivity index (χ3v) is 12.2. The van der Waals surface area contributed by atoms with Gasteiger partial charge in [0.2, 0.25) is 5.91 Å². The van der Waals surface area contributed by atoms with Crippen molar-refractivity contribution in [2.45, 2.75) is 136 Å².